The molecule has 0 amide bonds. The van der Waals surface area contributed by atoms with E-state index >= 15 is 0 Å². The summed E-state index contributed by atoms with van der Waals surface area (Å²) >= 11 is 6.51. The summed E-state index contributed by atoms with van der Waals surface area (Å²) < 4.78 is 19.7. The quantitative estimate of drug-likeness (QED) is 0.739. The summed E-state index contributed by atoms with van der Waals surface area (Å²) in [7, 11) is 0. The lowest BCUT2D eigenvalue weighted by Crippen LogP contribution is -1.98. The van der Waals surface area contributed by atoms with Crippen molar-refractivity contribution in [1.82, 2.24) is 0 Å². The fraction of sp³-hybridized carbons (Fsp3) is 0.400. The molecule has 1 aromatic carbocycles. The lowest BCUT2D eigenvalue weighted by molar-refractivity contribution is 0.305. The van der Waals surface area contributed by atoms with Crippen molar-refractivity contribution >= 4 is 31.9 Å². The molecule has 0 aliphatic heterocycles. The van der Waals surface area contributed by atoms with Gasteiger partial charge in [-0.1, -0.05) is 13.3 Å². The summed E-state index contributed by atoms with van der Waals surface area (Å²) in [6.45, 7) is 2.75. The molecule has 14 heavy (non-hydrogen) atoms. The molecule has 0 bridgehead atoms. The molecule has 0 N–H and O–H groups in total. The predicted octanol–water partition coefficient (Wildman–Crippen LogP) is 4.53. The molecule has 0 aromatic heterocycles. The average molecular weight is 326 g/mol. The highest BCUT2D eigenvalue weighted by Gasteiger charge is 2.08. The molecule has 0 atom stereocenters. The van der Waals surface area contributed by atoms with Crippen LogP contribution < -0.4 is 4.74 Å². The Balaban J connectivity index is 2.75. The van der Waals surface area contributed by atoms with Crippen LogP contribution >= 0.6 is 31.9 Å². The van der Waals surface area contributed by atoms with Gasteiger partial charge in [0.05, 0.1) is 15.6 Å². The van der Waals surface area contributed by atoms with E-state index in [4.69, 9.17) is 4.74 Å². The van der Waals surface area contributed by atoms with Crippen LogP contribution in [0.4, 0.5) is 4.39 Å². The van der Waals surface area contributed by atoms with Gasteiger partial charge in [-0.2, -0.15) is 0 Å². The van der Waals surface area contributed by atoms with Gasteiger partial charge < -0.3 is 4.74 Å². The zero-order valence-electron chi connectivity index (χ0n) is 7.82. The van der Waals surface area contributed by atoms with E-state index in [0.717, 1.165) is 12.8 Å². The molecule has 0 saturated carbocycles. The molecule has 0 aliphatic carbocycles. The molecule has 1 aromatic rings. The molecule has 0 heterocycles. The molecule has 0 unspecified atom stereocenters. The molecule has 0 radical (unpaired) electrons. The highest BCUT2D eigenvalue weighted by Crippen LogP contribution is 2.34. The summed E-state index contributed by atoms with van der Waals surface area (Å²) in [5, 5.41) is 0. The van der Waals surface area contributed by atoms with Crippen LogP contribution in [0.1, 0.15) is 19.8 Å². The Kier molecular flexibility index (Phi) is 4.89. The highest BCUT2D eigenvalue weighted by molar-refractivity contribution is 9.11. The Morgan fingerprint density at radius 2 is 1.86 bits per heavy atom. The van der Waals surface area contributed by atoms with Gasteiger partial charge in [0.2, 0.25) is 0 Å². The molecular formula is C10H11Br2FO. The number of rotatable bonds is 4. The van der Waals surface area contributed by atoms with Gasteiger partial charge in [0.25, 0.3) is 0 Å². The highest BCUT2D eigenvalue weighted by atomic mass is 79.9. The number of hydrogen-bond acceptors (Lipinski definition) is 1. The molecular weight excluding hydrogens is 315 g/mol. The topological polar surface area (TPSA) is 9.23 Å². The molecule has 0 spiro atoms. The van der Waals surface area contributed by atoms with E-state index in [1.807, 2.05) is 0 Å². The standard InChI is InChI=1S/C10H11Br2FO/c1-2-3-4-14-10-8(11)5-7(13)6-9(10)12/h5-6H,2-4H2,1H3. The maximum Gasteiger partial charge on any atom is 0.147 e. The normalized spacial score (nSPS) is 10.3. The summed E-state index contributed by atoms with van der Waals surface area (Å²) in [6, 6.07) is 2.79. The largest absolute Gasteiger partial charge is 0.491 e. The van der Waals surface area contributed by atoms with Crippen LogP contribution in [0.25, 0.3) is 0 Å². The number of ether oxygens (including phenoxy) is 1. The van der Waals surface area contributed by atoms with Gasteiger partial charge in [-0.05, 0) is 50.4 Å². The predicted molar refractivity (Wildman–Crippen MR) is 62.2 cm³/mol. The lowest BCUT2D eigenvalue weighted by Gasteiger charge is -2.09. The first kappa shape index (κ1) is 12.0. The summed E-state index contributed by atoms with van der Waals surface area (Å²) in [6.07, 6.45) is 2.08. The van der Waals surface area contributed by atoms with Gasteiger partial charge in [0, 0.05) is 0 Å². The number of halogens is 3. The minimum absolute atomic E-state index is 0.286. The van der Waals surface area contributed by atoms with Crippen LogP contribution in [0.3, 0.4) is 0 Å². The Hall–Kier alpha value is -0.0900. The molecule has 1 rings (SSSR count). The van der Waals surface area contributed by atoms with E-state index in [-0.39, 0.29) is 5.82 Å². The first-order valence-corrected chi connectivity index (χ1v) is 6.01. The second-order valence-electron chi connectivity index (χ2n) is 2.90. The van der Waals surface area contributed by atoms with E-state index < -0.39 is 0 Å². The van der Waals surface area contributed by atoms with E-state index in [1.54, 1.807) is 0 Å². The van der Waals surface area contributed by atoms with Crippen molar-refractivity contribution in [3.63, 3.8) is 0 Å². The first-order valence-electron chi connectivity index (χ1n) is 4.42. The smallest absolute Gasteiger partial charge is 0.147 e. The Morgan fingerprint density at radius 3 is 2.36 bits per heavy atom. The summed E-state index contributed by atoms with van der Waals surface area (Å²) in [5.41, 5.74) is 0. The van der Waals surface area contributed by atoms with Crippen LogP contribution in [0.15, 0.2) is 21.1 Å². The fourth-order valence-corrected chi connectivity index (χ4v) is 2.34. The molecule has 0 fully saturated rings. The lowest BCUT2D eigenvalue weighted by atomic mass is 10.3. The third-order valence-corrected chi connectivity index (χ3v) is 2.89. The fourth-order valence-electron chi connectivity index (χ4n) is 0.985. The molecule has 78 valence electrons. The second kappa shape index (κ2) is 5.71. The first-order chi connectivity index (χ1) is 6.65. The average Bonchev–Trinajstić information content (AvgIpc) is 2.09. The van der Waals surface area contributed by atoms with Gasteiger partial charge in [-0.25, -0.2) is 4.39 Å². The Bertz CT molecular complexity index is 292. The zero-order chi connectivity index (χ0) is 10.6. The SMILES string of the molecule is CCCCOc1c(Br)cc(F)cc1Br. The van der Waals surface area contributed by atoms with Crippen LogP contribution in [0.5, 0.6) is 5.75 Å². The van der Waals surface area contributed by atoms with Crippen molar-refractivity contribution in [2.24, 2.45) is 0 Å². The summed E-state index contributed by atoms with van der Waals surface area (Å²) in [5.74, 6) is 0.381. The van der Waals surface area contributed by atoms with Gasteiger partial charge in [-0.3, -0.25) is 0 Å². The molecule has 1 nitrogen and oxygen atoms in total. The van der Waals surface area contributed by atoms with Crippen LogP contribution in [-0.2, 0) is 0 Å². The monoisotopic (exact) mass is 324 g/mol. The van der Waals surface area contributed by atoms with Crippen molar-refractivity contribution in [3.8, 4) is 5.75 Å². The van der Waals surface area contributed by atoms with E-state index in [1.165, 1.54) is 12.1 Å². The third kappa shape index (κ3) is 3.24. The maximum absolute atomic E-state index is 12.9. The minimum atomic E-state index is -0.286. The van der Waals surface area contributed by atoms with Crippen molar-refractivity contribution in [2.45, 2.75) is 19.8 Å². The molecule has 0 saturated heterocycles. The number of benzene rings is 1. The van der Waals surface area contributed by atoms with Gasteiger partial charge in [0.15, 0.2) is 0 Å². The summed E-state index contributed by atoms with van der Waals surface area (Å²) in [4.78, 5) is 0. The number of unbranched alkanes of at least 4 members (excludes halogenated alkanes) is 1. The van der Waals surface area contributed by atoms with Gasteiger partial charge in [0.1, 0.15) is 11.6 Å². The Labute approximate surface area is 99.9 Å². The third-order valence-electron chi connectivity index (χ3n) is 1.71. The van der Waals surface area contributed by atoms with E-state index in [0.29, 0.717) is 21.3 Å². The van der Waals surface area contributed by atoms with Crippen molar-refractivity contribution in [3.05, 3.63) is 26.9 Å². The van der Waals surface area contributed by atoms with E-state index in [2.05, 4.69) is 38.8 Å². The van der Waals surface area contributed by atoms with E-state index in [9.17, 15) is 4.39 Å². The Morgan fingerprint density at radius 1 is 1.29 bits per heavy atom. The van der Waals surface area contributed by atoms with Crippen molar-refractivity contribution in [2.75, 3.05) is 6.61 Å². The zero-order valence-corrected chi connectivity index (χ0v) is 11.0. The van der Waals surface area contributed by atoms with Gasteiger partial charge >= 0.3 is 0 Å². The maximum atomic E-state index is 12.9. The van der Waals surface area contributed by atoms with Crippen LogP contribution in [-0.4, -0.2) is 6.61 Å². The minimum Gasteiger partial charge on any atom is -0.491 e. The van der Waals surface area contributed by atoms with Crippen molar-refractivity contribution < 1.29 is 9.13 Å². The number of hydrogen-bond donors (Lipinski definition) is 0. The van der Waals surface area contributed by atoms with Gasteiger partial charge in [-0.15, -0.1) is 0 Å². The molecule has 0 aliphatic rings. The second-order valence-corrected chi connectivity index (χ2v) is 4.61. The van der Waals surface area contributed by atoms with Crippen LogP contribution in [0.2, 0.25) is 0 Å². The molecule has 4 heteroatoms. The van der Waals surface area contributed by atoms with Crippen molar-refractivity contribution in [1.29, 1.82) is 0 Å². The van der Waals surface area contributed by atoms with Crippen LogP contribution in [0, 0.1) is 5.82 Å².